The second-order valence-corrected chi connectivity index (χ2v) is 5.28. The van der Waals surface area contributed by atoms with E-state index in [0.29, 0.717) is 19.7 Å². The smallest absolute Gasteiger partial charge is 0.409 e. The molecule has 0 aromatic carbocycles. The maximum Gasteiger partial charge on any atom is 0.409 e. The second kappa shape index (κ2) is 6.21. The van der Waals surface area contributed by atoms with Gasteiger partial charge >= 0.3 is 6.09 Å². The molecule has 0 spiro atoms. The summed E-state index contributed by atoms with van der Waals surface area (Å²) in [5, 5.41) is 9.22. The van der Waals surface area contributed by atoms with E-state index in [1.165, 1.54) is 0 Å². The number of carbonyl (C=O) groups is 1. The first kappa shape index (κ1) is 14.3. The minimum Gasteiger partial charge on any atom is -0.450 e. The molecule has 1 N–H and O–H groups in total. The number of aliphatic hydroxyl groups excluding tert-OH is 1. The summed E-state index contributed by atoms with van der Waals surface area (Å²) in [6.45, 7) is 10.5. The summed E-state index contributed by atoms with van der Waals surface area (Å²) in [5.74, 6) is 0. The lowest BCUT2D eigenvalue weighted by Crippen LogP contribution is -2.51. The minimum absolute atomic E-state index is 0.0773. The number of piperazine rings is 1. The van der Waals surface area contributed by atoms with E-state index in [4.69, 9.17) is 4.74 Å². The Morgan fingerprint density at radius 3 is 2.35 bits per heavy atom. The molecule has 1 saturated heterocycles. The zero-order valence-corrected chi connectivity index (χ0v) is 11.1. The molecule has 1 fully saturated rings. The normalized spacial score (nSPS) is 18.2. The number of aliphatic hydroxyl groups is 1. The SMILES string of the molecule is CCOC(=O)N1CCN(CC(C)(C)CO)CC1. The third-order valence-electron chi connectivity index (χ3n) is 2.98. The van der Waals surface area contributed by atoms with Crippen molar-refractivity contribution in [3.8, 4) is 0 Å². The molecular formula is C12H24N2O3. The lowest BCUT2D eigenvalue weighted by Gasteiger charge is -2.37. The number of nitrogens with zero attached hydrogens (tertiary/aromatic N) is 2. The van der Waals surface area contributed by atoms with Crippen molar-refractivity contribution >= 4 is 6.09 Å². The Morgan fingerprint density at radius 1 is 1.29 bits per heavy atom. The molecule has 0 bridgehead atoms. The highest BCUT2D eigenvalue weighted by atomic mass is 16.6. The van der Waals surface area contributed by atoms with Crippen LogP contribution < -0.4 is 0 Å². The quantitative estimate of drug-likeness (QED) is 0.794. The van der Waals surface area contributed by atoms with Crippen LogP contribution in [0.15, 0.2) is 0 Å². The largest absolute Gasteiger partial charge is 0.450 e. The Bertz CT molecular complexity index is 248. The van der Waals surface area contributed by atoms with Crippen LogP contribution in [0.25, 0.3) is 0 Å². The maximum atomic E-state index is 11.5. The highest BCUT2D eigenvalue weighted by Gasteiger charge is 2.26. The fourth-order valence-corrected chi connectivity index (χ4v) is 1.96. The average molecular weight is 244 g/mol. The summed E-state index contributed by atoms with van der Waals surface area (Å²) < 4.78 is 4.97. The van der Waals surface area contributed by atoms with E-state index in [9.17, 15) is 9.90 Å². The third kappa shape index (κ3) is 4.52. The van der Waals surface area contributed by atoms with E-state index in [0.717, 1.165) is 19.6 Å². The van der Waals surface area contributed by atoms with Gasteiger partial charge in [-0.3, -0.25) is 4.90 Å². The molecule has 1 aliphatic rings. The van der Waals surface area contributed by atoms with Crippen LogP contribution in [0.3, 0.4) is 0 Å². The first-order valence-corrected chi connectivity index (χ1v) is 6.23. The molecule has 1 rings (SSSR count). The van der Waals surface area contributed by atoms with E-state index < -0.39 is 0 Å². The summed E-state index contributed by atoms with van der Waals surface area (Å²) in [4.78, 5) is 15.5. The first-order chi connectivity index (χ1) is 7.98. The van der Waals surface area contributed by atoms with E-state index in [2.05, 4.69) is 4.90 Å². The Hall–Kier alpha value is -0.810. The zero-order valence-electron chi connectivity index (χ0n) is 11.1. The van der Waals surface area contributed by atoms with Crippen LogP contribution in [-0.4, -0.2) is 66.9 Å². The van der Waals surface area contributed by atoms with Crippen molar-refractivity contribution in [1.82, 2.24) is 9.80 Å². The molecule has 0 unspecified atom stereocenters. The van der Waals surface area contributed by atoms with Gasteiger partial charge in [0, 0.05) is 44.7 Å². The van der Waals surface area contributed by atoms with Gasteiger partial charge in [-0.25, -0.2) is 4.79 Å². The standard InChI is InChI=1S/C12H24N2O3/c1-4-17-11(16)14-7-5-13(6-8-14)9-12(2,3)10-15/h15H,4-10H2,1-3H3. The molecule has 17 heavy (non-hydrogen) atoms. The number of amides is 1. The summed E-state index contributed by atoms with van der Waals surface area (Å²) in [5.41, 5.74) is -0.0773. The van der Waals surface area contributed by atoms with E-state index in [1.807, 2.05) is 20.8 Å². The molecule has 0 saturated carbocycles. The topological polar surface area (TPSA) is 53.0 Å². The fourth-order valence-electron chi connectivity index (χ4n) is 1.96. The van der Waals surface area contributed by atoms with Gasteiger partial charge in [0.15, 0.2) is 0 Å². The summed E-state index contributed by atoms with van der Waals surface area (Å²) in [6, 6.07) is 0. The Kier molecular flexibility index (Phi) is 5.21. The van der Waals surface area contributed by atoms with Crippen LogP contribution in [0.2, 0.25) is 0 Å². The number of carbonyl (C=O) groups excluding carboxylic acids is 1. The van der Waals surface area contributed by atoms with Gasteiger partial charge in [0.2, 0.25) is 0 Å². The maximum absolute atomic E-state index is 11.5. The van der Waals surface area contributed by atoms with Crippen molar-refractivity contribution in [2.45, 2.75) is 20.8 Å². The molecule has 0 radical (unpaired) electrons. The Balaban J connectivity index is 2.33. The molecular weight excluding hydrogens is 220 g/mol. The molecule has 5 nitrogen and oxygen atoms in total. The zero-order chi connectivity index (χ0) is 12.9. The fraction of sp³-hybridized carbons (Fsp3) is 0.917. The van der Waals surface area contributed by atoms with Gasteiger partial charge < -0.3 is 14.7 Å². The Labute approximate surface area is 103 Å². The lowest BCUT2D eigenvalue weighted by molar-refractivity contribution is 0.0537. The van der Waals surface area contributed by atoms with Gasteiger partial charge in [-0.1, -0.05) is 13.8 Å². The summed E-state index contributed by atoms with van der Waals surface area (Å²) >= 11 is 0. The molecule has 0 aromatic rings. The molecule has 1 heterocycles. The van der Waals surface area contributed by atoms with E-state index in [1.54, 1.807) is 4.90 Å². The van der Waals surface area contributed by atoms with Crippen molar-refractivity contribution in [1.29, 1.82) is 0 Å². The number of hydrogen-bond donors (Lipinski definition) is 1. The van der Waals surface area contributed by atoms with Gasteiger partial charge in [0.1, 0.15) is 0 Å². The monoisotopic (exact) mass is 244 g/mol. The predicted octanol–water partition coefficient (Wildman–Crippen LogP) is 0.779. The van der Waals surface area contributed by atoms with Gasteiger partial charge in [-0.05, 0) is 6.92 Å². The van der Waals surface area contributed by atoms with Crippen molar-refractivity contribution in [3.63, 3.8) is 0 Å². The molecule has 0 aromatic heterocycles. The van der Waals surface area contributed by atoms with Crippen molar-refractivity contribution in [2.75, 3.05) is 45.9 Å². The highest BCUT2D eigenvalue weighted by Crippen LogP contribution is 2.17. The number of hydrogen-bond acceptors (Lipinski definition) is 4. The van der Waals surface area contributed by atoms with Crippen LogP contribution in [0.1, 0.15) is 20.8 Å². The van der Waals surface area contributed by atoms with Crippen LogP contribution in [-0.2, 0) is 4.74 Å². The summed E-state index contributed by atoms with van der Waals surface area (Å²) in [7, 11) is 0. The molecule has 1 aliphatic heterocycles. The molecule has 100 valence electrons. The average Bonchev–Trinajstić information content (AvgIpc) is 2.30. The van der Waals surface area contributed by atoms with Crippen molar-refractivity contribution < 1.29 is 14.6 Å². The lowest BCUT2D eigenvalue weighted by atomic mass is 9.94. The summed E-state index contributed by atoms with van der Waals surface area (Å²) in [6.07, 6.45) is -0.214. The third-order valence-corrected chi connectivity index (χ3v) is 2.98. The van der Waals surface area contributed by atoms with Gasteiger partial charge in [-0.2, -0.15) is 0 Å². The first-order valence-electron chi connectivity index (χ1n) is 6.23. The second-order valence-electron chi connectivity index (χ2n) is 5.28. The molecule has 5 heteroatoms. The van der Waals surface area contributed by atoms with Crippen LogP contribution in [0.4, 0.5) is 4.79 Å². The number of rotatable bonds is 4. The van der Waals surface area contributed by atoms with E-state index >= 15 is 0 Å². The number of ether oxygens (including phenoxy) is 1. The van der Waals surface area contributed by atoms with E-state index in [-0.39, 0.29) is 18.1 Å². The van der Waals surface area contributed by atoms with Gasteiger partial charge in [-0.15, -0.1) is 0 Å². The molecule has 0 aliphatic carbocycles. The van der Waals surface area contributed by atoms with Crippen LogP contribution in [0.5, 0.6) is 0 Å². The van der Waals surface area contributed by atoms with Crippen molar-refractivity contribution in [2.24, 2.45) is 5.41 Å². The van der Waals surface area contributed by atoms with Crippen LogP contribution in [0, 0.1) is 5.41 Å². The minimum atomic E-state index is -0.214. The molecule has 1 amide bonds. The van der Waals surface area contributed by atoms with Gasteiger partial charge in [0.25, 0.3) is 0 Å². The van der Waals surface area contributed by atoms with Crippen LogP contribution >= 0.6 is 0 Å². The molecule has 0 atom stereocenters. The Morgan fingerprint density at radius 2 is 1.88 bits per heavy atom. The highest BCUT2D eigenvalue weighted by molar-refractivity contribution is 5.67. The van der Waals surface area contributed by atoms with Crippen molar-refractivity contribution in [3.05, 3.63) is 0 Å². The predicted molar refractivity (Wildman–Crippen MR) is 65.9 cm³/mol. The van der Waals surface area contributed by atoms with Gasteiger partial charge in [0.05, 0.1) is 6.61 Å².